The number of aromatic nitrogens is 1. The molecule has 0 unspecified atom stereocenters. The quantitative estimate of drug-likeness (QED) is 0.827. The van der Waals surface area contributed by atoms with E-state index < -0.39 is 18.0 Å². The summed E-state index contributed by atoms with van der Waals surface area (Å²) in [5.74, 6) is -3.00. The Kier molecular flexibility index (Phi) is 5.83. The lowest BCUT2D eigenvalue weighted by Gasteiger charge is -2.09. The highest BCUT2D eigenvalue weighted by Gasteiger charge is 2.38. The molecule has 4 nitrogen and oxygen atoms in total. The van der Waals surface area contributed by atoms with E-state index in [1.54, 1.807) is 0 Å². The zero-order valence-corrected chi connectivity index (χ0v) is 11.6. The normalized spacial score (nSPS) is 10.4. The second-order valence-electron chi connectivity index (χ2n) is 4.20. The Balaban J connectivity index is 0.000000322. The minimum Gasteiger partial charge on any atom is -0.475 e. The summed E-state index contributed by atoms with van der Waals surface area (Å²) < 4.78 is 45.3. The number of rotatable bonds is 2. The average molecular weight is 328 g/mol. The molecule has 0 saturated carbocycles. The van der Waals surface area contributed by atoms with E-state index in [1.165, 1.54) is 12.3 Å². The number of hydrogen-bond acceptors (Lipinski definition) is 3. The van der Waals surface area contributed by atoms with Gasteiger partial charge in [0.1, 0.15) is 11.6 Å². The largest absolute Gasteiger partial charge is 0.490 e. The first-order valence-electron chi connectivity index (χ1n) is 6.09. The van der Waals surface area contributed by atoms with Crippen molar-refractivity contribution >= 4 is 17.4 Å². The summed E-state index contributed by atoms with van der Waals surface area (Å²) in [6, 6.07) is 10.6. The molecule has 2 rings (SSSR count). The average Bonchev–Trinajstić information content (AvgIpc) is 2.47. The molecule has 2 aromatic rings. The van der Waals surface area contributed by atoms with Gasteiger partial charge in [0.2, 0.25) is 0 Å². The molecule has 0 radical (unpaired) electrons. The Hall–Kier alpha value is -2.90. The number of alkyl halides is 3. The molecule has 3 N–H and O–H groups in total. The Labute approximate surface area is 128 Å². The van der Waals surface area contributed by atoms with Crippen LogP contribution in [0.4, 0.5) is 23.4 Å². The van der Waals surface area contributed by atoms with Gasteiger partial charge in [-0.3, -0.25) is 0 Å². The Morgan fingerprint density at radius 1 is 1.17 bits per heavy atom. The highest BCUT2D eigenvalue weighted by Crippen LogP contribution is 2.27. The number of anilines is 1. The second kappa shape index (κ2) is 7.39. The molecule has 0 saturated heterocycles. The summed E-state index contributed by atoms with van der Waals surface area (Å²) in [6.45, 7) is 3.86. The van der Waals surface area contributed by atoms with E-state index in [1.807, 2.05) is 30.3 Å². The first-order valence-corrected chi connectivity index (χ1v) is 6.09. The van der Waals surface area contributed by atoms with E-state index in [0.29, 0.717) is 5.57 Å². The van der Waals surface area contributed by atoms with E-state index in [-0.39, 0.29) is 11.4 Å². The van der Waals surface area contributed by atoms with Crippen molar-refractivity contribution in [3.63, 3.8) is 0 Å². The van der Waals surface area contributed by atoms with Crippen molar-refractivity contribution in [2.24, 2.45) is 0 Å². The van der Waals surface area contributed by atoms with Gasteiger partial charge in [-0.05, 0) is 17.2 Å². The summed E-state index contributed by atoms with van der Waals surface area (Å²) in [4.78, 5) is 12.8. The molecule has 1 aromatic heterocycles. The fourth-order valence-corrected chi connectivity index (χ4v) is 1.54. The summed E-state index contributed by atoms with van der Waals surface area (Å²) in [6.07, 6.45) is -3.74. The van der Waals surface area contributed by atoms with Crippen LogP contribution in [0.2, 0.25) is 0 Å². The molecule has 0 aliphatic rings. The van der Waals surface area contributed by atoms with Gasteiger partial charge in [0, 0.05) is 6.20 Å². The number of nitrogens with two attached hydrogens (primary N) is 1. The van der Waals surface area contributed by atoms with Gasteiger partial charge in [-0.1, -0.05) is 36.9 Å². The van der Waals surface area contributed by atoms with Crippen LogP contribution in [0.3, 0.4) is 0 Å². The van der Waals surface area contributed by atoms with Gasteiger partial charge in [0.15, 0.2) is 0 Å². The number of halogens is 4. The van der Waals surface area contributed by atoms with E-state index in [0.717, 1.165) is 5.56 Å². The lowest BCUT2D eigenvalue weighted by atomic mass is 10.00. The third-order valence-corrected chi connectivity index (χ3v) is 2.60. The van der Waals surface area contributed by atoms with E-state index in [9.17, 15) is 17.6 Å². The minimum absolute atomic E-state index is 0.161. The van der Waals surface area contributed by atoms with Gasteiger partial charge in [-0.2, -0.15) is 13.2 Å². The van der Waals surface area contributed by atoms with Crippen molar-refractivity contribution in [2.45, 2.75) is 6.18 Å². The predicted octanol–water partition coefficient (Wildman–Crippen LogP) is 3.50. The Bertz CT molecular complexity index is 680. The number of carbonyl (C=O) groups is 1. The first kappa shape index (κ1) is 18.1. The van der Waals surface area contributed by atoms with E-state index in [4.69, 9.17) is 15.6 Å². The second-order valence-corrected chi connectivity index (χ2v) is 4.20. The molecule has 1 aromatic carbocycles. The molecule has 122 valence electrons. The van der Waals surface area contributed by atoms with Crippen LogP contribution in [0.15, 0.2) is 49.2 Å². The fraction of sp³-hybridized carbons (Fsp3) is 0.0667. The van der Waals surface area contributed by atoms with Crippen molar-refractivity contribution < 1.29 is 27.5 Å². The molecular formula is C15H12F4N2O2. The number of nitrogen functional groups attached to an aromatic ring is 1. The third kappa shape index (κ3) is 5.10. The SMILES string of the molecule is C=C(c1ccccc1)c1c(F)ccnc1N.O=C(O)C(F)(F)F. The molecule has 1 heterocycles. The van der Waals surface area contributed by atoms with Crippen LogP contribution >= 0.6 is 0 Å². The minimum atomic E-state index is -5.08. The number of nitrogens with zero attached hydrogens (tertiary/aromatic N) is 1. The van der Waals surface area contributed by atoms with Gasteiger partial charge >= 0.3 is 12.1 Å². The van der Waals surface area contributed by atoms with Crippen LogP contribution in [0.25, 0.3) is 5.57 Å². The molecule has 0 aliphatic carbocycles. The number of aliphatic carboxylic acids is 1. The van der Waals surface area contributed by atoms with Crippen LogP contribution in [0.1, 0.15) is 11.1 Å². The first-order chi connectivity index (χ1) is 10.6. The summed E-state index contributed by atoms with van der Waals surface area (Å²) >= 11 is 0. The maximum Gasteiger partial charge on any atom is 0.490 e. The van der Waals surface area contributed by atoms with Crippen LogP contribution in [-0.2, 0) is 4.79 Å². The number of carboxylic acids is 1. The zero-order chi connectivity index (χ0) is 17.6. The summed E-state index contributed by atoms with van der Waals surface area (Å²) in [5.41, 5.74) is 7.30. The maximum atomic E-state index is 13.6. The zero-order valence-electron chi connectivity index (χ0n) is 11.6. The maximum absolute atomic E-state index is 13.6. The molecule has 0 spiro atoms. The lowest BCUT2D eigenvalue weighted by molar-refractivity contribution is -0.192. The Morgan fingerprint density at radius 3 is 2.13 bits per heavy atom. The smallest absolute Gasteiger partial charge is 0.475 e. The molecule has 0 atom stereocenters. The van der Waals surface area contributed by atoms with Gasteiger partial charge in [-0.25, -0.2) is 14.2 Å². The Morgan fingerprint density at radius 2 is 1.70 bits per heavy atom. The molecule has 0 bridgehead atoms. The van der Waals surface area contributed by atoms with Crippen LogP contribution < -0.4 is 5.73 Å². The van der Waals surface area contributed by atoms with Crippen molar-refractivity contribution in [2.75, 3.05) is 5.73 Å². The van der Waals surface area contributed by atoms with Crippen molar-refractivity contribution in [1.29, 1.82) is 0 Å². The van der Waals surface area contributed by atoms with Crippen LogP contribution in [0.5, 0.6) is 0 Å². The standard InChI is InChI=1S/C13H11FN2.C2HF3O2/c1-9(10-5-3-2-4-6-10)12-11(14)7-8-16-13(12)15;3-2(4,5)1(6)7/h2-8H,1H2,(H2,15,16);(H,6,7). The molecule has 0 amide bonds. The third-order valence-electron chi connectivity index (χ3n) is 2.60. The van der Waals surface area contributed by atoms with Crippen molar-refractivity contribution in [3.8, 4) is 0 Å². The fourth-order valence-electron chi connectivity index (χ4n) is 1.54. The molecule has 23 heavy (non-hydrogen) atoms. The summed E-state index contributed by atoms with van der Waals surface area (Å²) in [7, 11) is 0. The van der Waals surface area contributed by atoms with Crippen molar-refractivity contribution in [1.82, 2.24) is 4.98 Å². The molecular weight excluding hydrogens is 316 g/mol. The van der Waals surface area contributed by atoms with Gasteiger partial charge in [0.05, 0.1) is 5.56 Å². The van der Waals surface area contributed by atoms with Crippen LogP contribution in [-0.4, -0.2) is 22.2 Å². The monoisotopic (exact) mass is 328 g/mol. The van der Waals surface area contributed by atoms with Crippen LogP contribution in [0, 0.1) is 5.82 Å². The number of carboxylic acid groups (broad SMARTS) is 1. The van der Waals surface area contributed by atoms with Gasteiger partial charge in [0.25, 0.3) is 0 Å². The predicted molar refractivity (Wildman–Crippen MR) is 76.9 cm³/mol. The lowest BCUT2D eigenvalue weighted by Crippen LogP contribution is -2.21. The highest BCUT2D eigenvalue weighted by molar-refractivity contribution is 5.83. The van der Waals surface area contributed by atoms with Gasteiger partial charge in [-0.15, -0.1) is 0 Å². The highest BCUT2D eigenvalue weighted by atomic mass is 19.4. The van der Waals surface area contributed by atoms with Crippen molar-refractivity contribution in [3.05, 3.63) is 66.1 Å². The number of hydrogen-bond donors (Lipinski definition) is 2. The topological polar surface area (TPSA) is 76.2 Å². The number of pyridine rings is 1. The van der Waals surface area contributed by atoms with Gasteiger partial charge < -0.3 is 10.8 Å². The van der Waals surface area contributed by atoms with E-state index in [2.05, 4.69) is 11.6 Å². The molecule has 8 heteroatoms. The molecule has 0 aliphatic heterocycles. The molecule has 0 fully saturated rings. The number of benzene rings is 1. The summed E-state index contributed by atoms with van der Waals surface area (Å²) in [5, 5.41) is 7.12. The van der Waals surface area contributed by atoms with E-state index >= 15 is 0 Å².